The maximum atomic E-state index is 15.0. The molecule has 3 aliphatic rings. The summed E-state index contributed by atoms with van der Waals surface area (Å²) in [6.45, 7) is 2.02. The molecule has 0 aliphatic carbocycles. The Hall–Kier alpha value is -2.51. The van der Waals surface area contributed by atoms with Gasteiger partial charge in [-0.1, -0.05) is 12.1 Å². The predicted octanol–water partition coefficient (Wildman–Crippen LogP) is 2.53. The molecule has 5 rings (SSSR count). The van der Waals surface area contributed by atoms with Crippen LogP contribution in [0.4, 0.5) is 14.5 Å². The molecule has 0 radical (unpaired) electrons. The van der Waals surface area contributed by atoms with Gasteiger partial charge in [0.1, 0.15) is 11.6 Å². The van der Waals surface area contributed by atoms with E-state index in [4.69, 9.17) is 10.5 Å². The SMILES string of the molecule is NC(C(=O)Nc1cncc(F)c1CC[C@H]1CN[C@@H]2CCCS(=O)(=O)N1C2)C(c1ccc(F)cc1)C1CCOCC1. The molecule has 0 saturated carbocycles. The summed E-state index contributed by atoms with van der Waals surface area (Å²) in [6, 6.07) is 4.85. The number of sulfonamides is 1. The van der Waals surface area contributed by atoms with Gasteiger partial charge in [-0.25, -0.2) is 17.2 Å². The Labute approximate surface area is 233 Å². The van der Waals surface area contributed by atoms with Crippen molar-refractivity contribution in [1.29, 1.82) is 0 Å². The van der Waals surface area contributed by atoms with Gasteiger partial charge in [-0.2, -0.15) is 4.31 Å². The number of anilines is 1. The number of ether oxygens (including phenoxy) is 1. The zero-order valence-corrected chi connectivity index (χ0v) is 23.2. The summed E-state index contributed by atoms with van der Waals surface area (Å²) in [4.78, 5) is 17.4. The molecule has 3 saturated heterocycles. The molecule has 0 spiro atoms. The smallest absolute Gasteiger partial charge is 0.241 e. The number of nitrogens with one attached hydrogen (secondary N) is 2. The third kappa shape index (κ3) is 6.52. The van der Waals surface area contributed by atoms with Crippen LogP contribution in [0.25, 0.3) is 0 Å². The first-order chi connectivity index (χ1) is 19.2. The lowest BCUT2D eigenvalue weighted by atomic mass is 9.76. The lowest BCUT2D eigenvalue weighted by molar-refractivity contribution is -0.118. The van der Waals surface area contributed by atoms with E-state index in [-0.39, 0.29) is 53.2 Å². The first-order valence-corrected chi connectivity index (χ1v) is 15.6. The number of benzene rings is 1. The van der Waals surface area contributed by atoms with Gasteiger partial charge in [-0.05, 0) is 62.1 Å². The van der Waals surface area contributed by atoms with Gasteiger partial charge in [0.2, 0.25) is 15.9 Å². The highest BCUT2D eigenvalue weighted by Crippen LogP contribution is 2.35. The summed E-state index contributed by atoms with van der Waals surface area (Å²) in [6.07, 6.45) is 5.93. The van der Waals surface area contributed by atoms with E-state index < -0.39 is 27.8 Å². The fraction of sp³-hybridized carbons (Fsp3) is 0.571. The van der Waals surface area contributed by atoms with E-state index in [0.717, 1.165) is 18.2 Å². The molecular formula is C28H37F2N5O4S. The maximum absolute atomic E-state index is 15.0. The number of nitrogens with zero attached hydrogens (tertiary/aromatic N) is 2. The number of hydrogen-bond acceptors (Lipinski definition) is 7. The van der Waals surface area contributed by atoms with Crippen molar-refractivity contribution in [3.63, 3.8) is 0 Å². The highest BCUT2D eigenvalue weighted by molar-refractivity contribution is 7.89. The minimum Gasteiger partial charge on any atom is -0.381 e. The van der Waals surface area contributed by atoms with E-state index >= 15 is 4.39 Å². The molecule has 4 N–H and O–H groups in total. The summed E-state index contributed by atoms with van der Waals surface area (Å²) in [5.74, 6) is -1.66. The number of hydrogen-bond donors (Lipinski definition) is 3. The second-order valence-corrected chi connectivity index (χ2v) is 13.1. The Balaban J connectivity index is 1.32. The van der Waals surface area contributed by atoms with Crippen molar-refractivity contribution < 1.29 is 26.7 Å². The van der Waals surface area contributed by atoms with Gasteiger partial charge in [0, 0.05) is 49.9 Å². The second kappa shape index (κ2) is 12.6. The predicted molar refractivity (Wildman–Crippen MR) is 147 cm³/mol. The third-order valence-electron chi connectivity index (χ3n) is 8.47. The Morgan fingerprint density at radius 3 is 2.67 bits per heavy atom. The van der Waals surface area contributed by atoms with Crippen LogP contribution in [0.2, 0.25) is 0 Å². The van der Waals surface area contributed by atoms with Crippen LogP contribution in [-0.2, 0) is 26.0 Å². The van der Waals surface area contributed by atoms with E-state index in [2.05, 4.69) is 15.6 Å². The molecule has 1 aromatic heterocycles. The number of rotatable bonds is 8. The normalized spacial score (nSPS) is 26.4. The molecule has 4 heterocycles. The fourth-order valence-electron chi connectivity index (χ4n) is 6.29. The highest BCUT2D eigenvalue weighted by atomic mass is 32.2. The summed E-state index contributed by atoms with van der Waals surface area (Å²) >= 11 is 0. The Morgan fingerprint density at radius 2 is 1.93 bits per heavy atom. The van der Waals surface area contributed by atoms with E-state index in [1.165, 1.54) is 18.3 Å². The molecule has 9 nitrogen and oxygen atoms in total. The van der Waals surface area contributed by atoms with Gasteiger partial charge in [0.25, 0.3) is 0 Å². The van der Waals surface area contributed by atoms with Crippen molar-refractivity contribution in [3.05, 3.63) is 59.4 Å². The van der Waals surface area contributed by atoms with Crippen molar-refractivity contribution >= 4 is 21.6 Å². The Morgan fingerprint density at radius 1 is 1.18 bits per heavy atom. The van der Waals surface area contributed by atoms with Gasteiger partial charge in [-0.15, -0.1) is 0 Å². The van der Waals surface area contributed by atoms with Crippen LogP contribution in [0.5, 0.6) is 0 Å². The molecule has 40 heavy (non-hydrogen) atoms. The third-order valence-corrected chi connectivity index (χ3v) is 10.4. The highest BCUT2D eigenvalue weighted by Gasteiger charge is 2.38. The van der Waals surface area contributed by atoms with Crippen LogP contribution in [0.1, 0.15) is 49.1 Å². The average molecular weight is 578 g/mol. The van der Waals surface area contributed by atoms with Crippen molar-refractivity contribution in [3.8, 4) is 0 Å². The van der Waals surface area contributed by atoms with Crippen LogP contribution >= 0.6 is 0 Å². The maximum Gasteiger partial charge on any atom is 0.241 e. The second-order valence-electron chi connectivity index (χ2n) is 11.0. The molecule has 1 aromatic carbocycles. The Bertz CT molecular complexity index is 1290. The van der Waals surface area contributed by atoms with Gasteiger partial charge in [0.05, 0.1) is 29.9 Å². The number of aromatic nitrogens is 1. The van der Waals surface area contributed by atoms with Gasteiger partial charge < -0.3 is 21.1 Å². The summed E-state index contributed by atoms with van der Waals surface area (Å²) < 4.78 is 61.4. The number of pyridine rings is 1. The van der Waals surface area contributed by atoms with Crippen LogP contribution in [0, 0.1) is 17.6 Å². The number of carbonyl (C=O) groups excluding carboxylic acids is 1. The summed E-state index contributed by atoms with van der Waals surface area (Å²) in [7, 11) is -3.38. The number of nitrogens with two attached hydrogens (primary N) is 1. The molecule has 2 aromatic rings. The first kappa shape index (κ1) is 29.0. The number of carbonyl (C=O) groups is 1. The molecule has 218 valence electrons. The Kier molecular flexibility index (Phi) is 9.11. The van der Waals surface area contributed by atoms with Crippen LogP contribution < -0.4 is 16.4 Å². The quantitative estimate of drug-likeness (QED) is 0.440. The molecule has 3 aliphatic heterocycles. The zero-order chi connectivity index (χ0) is 28.3. The van der Waals surface area contributed by atoms with E-state index in [0.29, 0.717) is 52.0 Å². The van der Waals surface area contributed by atoms with E-state index in [1.54, 1.807) is 16.4 Å². The lowest BCUT2D eigenvalue weighted by Crippen LogP contribution is -2.57. The number of piperazine rings is 1. The summed E-state index contributed by atoms with van der Waals surface area (Å²) in [5, 5.41) is 6.21. The number of halogens is 2. The average Bonchev–Trinajstić information content (AvgIpc) is 3.06. The molecular weight excluding hydrogens is 540 g/mol. The van der Waals surface area contributed by atoms with Crippen molar-refractivity contribution in [2.24, 2.45) is 11.7 Å². The fourth-order valence-corrected chi connectivity index (χ4v) is 8.10. The van der Waals surface area contributed by atoms with Gasteiger partial charge in [0.15, 0.2) is 0 Å². The number of amides is 1. The minimum atomic E-state index is -3.38. The van der Waals surface area contributed by atoms with Crippen molar-refractivity contribution in [2.75, 3.05) is 37.4 Å². The molecule has 2 bridgehead atoms. The molecule has 1 amide bonds. The number of fused-ring (bicyclic) bond motifs is 2. The van der Waals surface area contributed by atoms with E-state index in [9.17, 15) is 17.6 Å². The van der Waals surface area contributed by atoms with Crippen LogP contribution in [-0.4, -0.2) is 73.8 Å². The van der Waals surface area contributed by atoms with Crippen molar-refractivity contribution in [2.45, 2.75) is 62.6 Å². The molecule has 5 atom stereocenters. The van der Waals surface area contributed by atoms with Gasteiger partial charge in [-0.3, -0.25) is 9.78 Å². The largest absolute Gasteiger partial charge is 0.381 e. The topological polar surface area (TPSA) is 127 Å². The molecule has 3 unspecified atom stereocenters. The molecule has 3 fully saturated rings. The summed E-state index contributed by atoms with van der Waals surface area (Å²) in [5.41, 5.74) is 7.78. The standard InChI is InChI=1S/C28H37F2N5O4S/c29-20-5-3-18(4-6-20)26(19-9-11-39-12-10-19)27(31)28(36)34-25-16-32-15-24(30)23(25)8-7-22-14-33-21-2-1-13-40(37,38)35(22)17-21/h3-6,15-16,19,21-22,26-27,33H,1-2,7-14,17,31H2,(H,34,36)/t21-,22+,26?,27?/m1/s1. The zero-order valence-electron chi connectivity index (χ0n) is 22.4. The van der Waals surface area contributed by atoms with Crippen LogP contribution in [0.3, 0.4) is 0 Å². The van der Waals surface area contributed by atoms with Crippen molar-refractivity contribution in [1.82, 2.24) is 14.6 Å². The lowest BCUT2D eigenvalue weighted by Gasteiger charge is -2.37. The first-order valence-electron chi connectivity index (χ1n) is 14.0. The van der Waals surface area contributed by atoms with Crippen LogP contribution in [0.15, 0.2) is 36.7 Å². The van der Waals surface area contributed by atoms with Gasteiger partial charge >= 0.3 is 0 Å². The van der Waals surface area contributed by atoms with E-state index in [1.807, 2.05) is 0 Å². The molecule has 12 heteroatoms. The monoisotopic (exact) mass is 577 g/mol. The minimum absolute atomic E-state index is 0.0586.